The summed E-state index contributed by atoms with van der Waals surface area (Å²) in [5, 5.41) is 8.49. The number of carboxylic acid groups (broad SMARTS) is 1. The Morgan fingerprint density at radius 2 is 1.74 bits per heavy atom. The first-order valence-electron chi connectivity index (χ1n) is 4.25. The Balaban J connectivity index is 3.51. The van der Waals surface area contributed by atoms with Crippen molar-refractivity contribution in [2.75, 3.05) is 0 Å². The minimum absolute atomic E-state index is 0.174. The molecule has 1 aromatic heterocycles. The molecule has 106 valence electrons. The van der Waals surface area contributed by atoms with E-state index in [0.29, 0.717) is 0 Å². The highest BCUT2D eigenvalue weighted by molar-refractivity contribution is 5.90. The molecular formula is C8H3F6NO4. The molecule has 0 fully saturated rings. The lowest BCUT2D eigenvalue weighted by Crippen LogP contribution is -2.26. The second-order valence-corrected chi connectivity index (χ2v) is 3.10. The van der Waals surface area contributed by atoms with E-state index in [1.54, 1.807) is 0 Å². The number of carboxylic acids is 1. The molecule has 0 aliphatic heterocycles. The summed E-state index contributed by atoms with van der Waals surface area (Å²) in [4.78, 5) is 22.7. The zero-order valence-electron chi connectivity index (χ0n) is 8.52. The molecule has 0 radical (unpaired) electrons. The fourth-order valence-corrected chi connectivity index (χ4v) is 1.08. The maximum absolute atomic E-state index is 12.3. The van der Waals surface area contributed by atoms with E-state index in [9.17, 15) is 35.9 Å². The lowest BCUT2D eigenvalue weighted by atomic mass is 10.2. The van der Waals surface area contributed by atoms with Crippen LogP contribution in [0.15, 0.2) is 10.9 Å². The number of nitrogens with one attached hydrogen (secondary N) is 1. The van der Waals surface area contributed by atoms with Gasteiger partial charge < -0.3 is 14.8 Å². The first-order chi connectivity index (χ1) is 8.42. The lowest BCUT2D eigenvalue weighted by Gasteiger charge is -2.13. The van der Waals surface area contributed by atoms with E-state index < -0.39 is 41.1 Å². The summed E-state index contributed by atoms with van der Waals surface area (Å²) in [6.45, 7) is 0. The number of H-pyrrole nitrogens is 1. The standard InChI is InChI=1S/C8H3F6NO4/c9-7(10,11)3-1-2(16)4(6(17)18)5(15-3)19-8(12,13)14/h1H,(H,15,16)(H,17,18). The van der Waals surface area contributed by atoms with Gasteiger partial charge in [-0.2, -0.15) is 13.2 Å². The first kappa shape index (κ1) is 14.9. The molecule has 0 bridgehead atoms. The van der Waals surface area contributed by atoms with E-state index in [2.05, 4.69) is 4.74 Å². The van der Waals surface area contributed by atoms with Gasteiger partial charge in [-0.1, -0.05) is 0 Å². The fourth-order valence-electron chi connectivity index (χ4n) is 1.08. The van der Waals surface area contributed by atoms with E-state index in [1.807, 2.05) is 0 Å². The number of hydrogen-bond acceptors (Lipinski definition) is 3. The van der Waals surface area contributed by atoms with Gasteiger partial charge in [0.1, 0.15) is 5.69 Å². The maximum atomic E-state index is 12.3. The Hall–Kier alpha value is -2.20. The van der Waals surface area contributed by atoms with Crippen LogP contribution in [0.2, 0.25) is 0 Å². The van der Waals surface area contributed by atoms with Gasteiger partial charge in [-0.3, -0.25) is 4.79 Å². The van der Waals surface area contributed by atoms with Crippen molar-refractivity contribution < 1.29 is 41.0 Å². The Morgan fingerprint density at radius 3 is 2.11 bits per heavy atom. The highest BCUT2D eigenvalue weighted by Crippen LogP contribution is 2.30. The van der Waals surface area contributed by atoms with Crippen LogP contribution in [0.25, 0.3) is 0 Å². The lowest BCUT2D eigenvalue weighted by molar-refractivity contribution is -0.276. The molecule has 0 aliphatic rings. The molecule has 1 heterocycles. The van der Waals surface area contributed by atoms with Crippen molar-refractivity contribution in [2.45, 2.75) is 12.5 Å². The first-order valence-corrected chi connectivity index (χ1v) is 4.25. The molecule has 0 saturated heterocycles. The molecule has 0 unspecified atom stereocenters. The van der Waals surface area contributed by atoms with Gasteiger partial charge in [-0.25, -0.2) is 4.79 Å². The largest absolute Gasteiger partial charge is 0.574 e. The van der Waals surface area contributed by atoms with Crippen molar-refractivity contribution in [3.8, 4) is 5.88 Å². The number of aromatic amines is 1. The Kier molecular flexibility index (Phi) is 3.50. The van der Waals surface area contributed by atoms with Crippen molar-refractivity contribution in [3.05, 3.63) is 27.5 Å². The van der Waals surface area contributed by atoms with Gasteiger partial charge in [-0.15, -0.1) is 13.2 Å². The van der Waals surface area contributed by atoms with Crippen molar-refractivity contribution in [2.24, 2.45) is 0 Å². The molecule has 1 aromatic rings. The Labute approximate surface area is 99.0 Å². The summed E-state index contributed by atoms with van der Waals surface area (Å²) >= 11 is 0. The molecule has 2 N–H and O–H groups in total. The van der Waals surface area contributed by atoms with Gasteiger partial charge in [0.05, 0.1) is 0 Å². The van der Waals surface area contributed by atoms with Crippen LogP contribution < -0.4 is 10.2 Å². The van der Waals surface area contributed by atoms with Crippen molar-refractivity contribution in [1.82, 2.24) is 4.98 Å². The third kappa shape index (κ3) is 3.63. The average molecular weight is 291 g/mol. The van der Waals surface area contributed by atoms with Crippen LogP contribution in [0.4, 0.5) is 26.3 Å². The zero-order valence-corrected chi connectivity index (χ0v) is 8.52. The van der Waals surface area contributed by atoms with Crippen molar-refractivity contribution in [3.63, 3.8) is 0 Å². The molecular weight excluding hydrogens is 288 g/mol. The normalized spacial score (nSPS) is 12.3. The molecule has 1 rings (SSSR count). The Morgan fingerprint density at radius 1 is 1.21 bits per heavy atom. The summed E-state index contributed by atoms with van der Waals surface area (Å²) in [5.74, 6) is -3.99. The van der Waals surface area contributed by atoms with Crippen LogP contribution >= 0.6 is 0 Å². The predicted molar refractivity (Wildman–Crippen MR) is 45.7 cm³/mol. The van der Waals surface area contributed by atoms with Gasteiger partial charge in [0, 0.05) is 6.07 Å². The molecule has 19 heavy (non-hydrogen) atoms. The van der Waals surface area contributed by atoms with E-state index >= 15 is 0 Å². The van der Waals surface area contributed by atoms with Crippen LogP contribution in [0.5, 0.6) is 5.88 Å². The number of rotatable bonds is 2. The summed E-state index contributed by atoms with van der Waals surface area (Å²) in [7, 11) is 0. The van der Waals surface area contributed by atoms with Crippen molar-refractivity contribution >= 4 is 5.97 Å². The molecule has 0 aliphatic carbocycles. The highest BCUT2D eigenvalue weighted by atomic mass is 19.4. The SMILES string of the molecule is O=C(O)c1c(OC(F)(F)F)[nH]c(C(F)(F)F)cc1=O. The van der Waals surface area contributed by atoms with Crippen LogP contribution in [-0.2, 0) is 6.18 Å². The van der Waals surface area contributed by atoms with Crippen molar-refractivity contribution in [1.29, 1.82) is 0 Å². The molecule has 0 saturated carbocycles. The smallest absolute Gasteiger partial charge is 0.477 e. The van der Waals surface area contributed by atoms with Crippen LogP contribution in [0.1, 0.15) is 16.1 Å². The summed E-state index contributed by atoms with van der Waals surface area (Å²) in [5.41, 5.74) is -5.20. The third-order valence-electron chi connectivity index (χ3n) is 1.73. The zero-order chi connectivity index (χ0) is 15.0. The van der Waals surface area contributed by atoms with E-state index in [-0.39, 0.29) is 6.07 Å². The molecule has 0 amide bonds. The number of halogens is 6. The number of ether oxygens (including phenoxy) is 1. The predicted octanol–water partition coefficient (Wildman–Crippen LogP) is 1.99. The number of alkyl halides is 6. The number of aromatic nitrogens is 1. The maximum Gasteiger partial charge on any atom is 0.574 e. The molecule has 0 atom stereocenters. The van der Waals surface area contributed by atoms with Gasteiger partial charge in [0.15, 0.2) is 5.56 Å². The van der Waals surface area contributed by atoms with Gasteiger partial charge >= 0.3 is 18.5 Å². The molecule has 11 heteroatoms. The highest BCUT2D eigenvalue weighted by Gasteiger charge is 2.38. The topological polar surface area (TPSA) is 79.4 Å². The van der Waals surface area contributed by atoms with E-state index in [4.69, 9.17) is 5.11 Å². The van der Waals surface area contributed by atoms with Crippen LogP contribution in [0.3, 0.4) is 0 Å². The Bertz CT molecular complexity index is 558. The van der Waals surface area contributed by atoms with E-state index in [0.717, 1.165) is 4.98 Å². The van der Waals surface area contributed by atoms with Crippen LogP contribution in [0, 0.1) is 0 Å². The third-order valence-corrected chi connectivity index (χ3v) is 1.73. The second kappa shape index (κ2) is 4.48. The minimum atomic E-state index is -5.46. The number of aromatic carboxylic acids is 1. The van der Waals surface area contributed by atoms with E-state index in [1.165, 1.54) is 0 Å². The summed E-state index contributed by atoms with van der Waals surface area (Å²) in [6, 6.07) is -0.174. The average Bonchev–Trinajstić information content (AvgIpc) is 2.11. The molecule has 5 nitrogen and oxygen atoms in total. The van der Waals surface area contributed by atoms with Gasteiger partial charge in [0.2, 0.25) is 11.3 Å². The summed E-state index contributed by atoms with van der Waals surface area (Å²) in [6.07, 6.45) is -10.6. The second-order valence-electron chi connectivity index (χ2n) is 3.10. The molecule has 0 aromatic carbocycles. The summed E-state index contributed by atoms with van der Waals surface area (Å²) < 4.78 is 75.6. The number of carbonyl (C=O) groups is 1. The number of pyridine rings is 1. The van der Waals surface area contributed by atoms with Gasteiger partial charge in [0.25, 0.3) is 0 Å². The van der Waals surface area contributed by atoms with Crippen LogP contribution in [-0.4, -0.2) is 22.4 Å². The quantitative estimate of drug-likeness (QED) is 0.817. The fraction of sp³-hybridized carbons (Fsp3) is 0.250. The number of hydrogen-bond donors (Lipinski definition) is 2. The molecule has 0 spiro atoms. The monoisotopic (exact) mass is 291 g/mol. The van der Waals surface area contributed by atoms with Gasteiger partial charge in [-0.05, 0) is 0 Å². The minimum Gasteiger partial charge on any atom is -0.477 e.